The van der Waals surface area contributed by atoms with Gasteiger partial charge in [0.15, 0.2) is 4.96 Å². The number of nitrogens with zero attached hydrogens (tertiary/aromatic N) is 2. The molecular weight excluding hydrogens is 316 g/mol. The standard InChI is InChI=1S/C20H16N2OS/c1-13-11-14(2)18-16(12-13)22-19(23)17(24-20(22)21-18)10-6-9-15-7-4-3-5-8-15/h3-12H,1-2H3/b9-6-,17-10?. The van der Waals surface area contributed by atoms with Crippen molar-refractivity contribution in [2.75, 3.05) is 0 Å². The predicted octanol–water partition coefficient (Wildman–Crippen LogP) is 3.74. The molecule has 0 aliphatic heterocycles. The molecule has 0 radical (unpaired) electrons. The maximum atomic E-state index is 12.7. The molecular formula is C20H16N2OS. The highest BCUT2D eigenvalue weighted by Crippen LogP contribution is 2.21. The van der Waals surface area contributed by atoms with Gasteiger partial charge >= 0.3 is 0 Å². The monoisotopic (exact) mass is 332 g/mol. The van der Waals surface area contributed by atoms with E-state index < -0.39 is 0 Å². The number of imidazole rings is 1. The van der Waals surface area contributed by atoms with E-state index in [1.165, 1.54) is 11.3 Å². The zero-order valence-electron chi connectivity index (χ0n) is 13.5. The molecule has 0 unspecified atom stereocenters. The molecule has 3 nitrogen and oxygen atoms in total. The van der Waals surface area contributed by atoms with Gasteiger partial charge in [0.2, 0.25) is 0 Å². The molecule has 2 aromatic carbocycles. The third-order valence-corrected chi connectivity index (χ3v) is 5.00. The number of benzene rings is 2. The maximum absolute atomic E-state index is 12.7. The van der Waals surface area contributed by atoms with Crippen LogP contribution in [0.2, 0.25) is 0 Å². The summed E-state index contributed by atoms with van der Waals surface area (Å²) in [6.07, 6.45) is 5.78. The first-order chi connectivity index (χ1) is 11.6. The summed E-state index contributed by atoms with van der Waals surface area (Å²) in [6, 6.07) is 14.2. The minimum absolute atomic E-state index is 0.000196. The second-order valence-electron chi connectivity index (χ2n) is 5.89. The number of hydrogen-bond donors (Lipinski definition) is 0. The molecule has 0 atom stereocenters. The van der Waals surface area contributed by atoms with E-state index in [0.717, 1.165) is 32.7 Å². The molecule has 0 amide bonds. The van der Waals surface area contributed by atoms with Gasteiger partial charge in [0.05, 0.1) is 15.6 Å². The van der Waals surface area contributed by atoms with Crippen molar-refractivity contribution in [2.45, 2.75) is 13.8 Å². The largest absolute Gasteiger partial charge is 0.274 e. The topological polar surface area (TPSA) is 34.4 Å². The van der Waals surface area contributed by atoms with E-state index in [1.807, 2.05) is 68.5 Å². The van der Waals surface area contributed by atoms with E-state index in [1.54, 1.807) is 4.40 Å². The highest BCUT2D eigenvalue weighted by Gasteiger charge is 2.12. The van der Waals surface area contributed by atoms with Crippen LogP contribution in [0.1, 0.15) is 16.7 Å². The molecule has 0 N–H and O–H groups in total. The molecule has 0 aliphatic rings. The number of thiazole rings is 1. The van der Waals surface area contributed by atoms with Crippen molar-refractivity contribution >= 4 is 39.5 Å². The van der Waals surface area contributed by atoms with Crippen molar-refractivity contribution in [3.8, 4) is 0 Å². The Kier molecular flexibility index (Phi) is 3.54. The van der Waals surface area contributed by atoms with E-state index in [2.05, 4.69) is 11.1 Å². The third-order valence-electron chi connectivity index (χ3n) is 4.02. The SMILES string of the molecule is Cc1cc(C)c2nc3sc(=C/C=C\c4ccccc4)c(=O)n3c2c1. The van der Waals surface area contributed by atoms with E-state index in [-0.39, 0.29) is 5.56 Å². The lowest BCUT2D eigenvalue weighted by Crippen LogP contribution is -2.22. The van der Waals surface area contributed by atoms with Crippen LogP contribution in [0.3, 0.4) is 0 Å². The first-order valence-electron chi connectivity index (χ1n) is 7.79. The molecule has 0 saturated carbocycles. The van der Waals surface area contributed by atoms with E-state index in [4.69, 9.17) is 0 Å². The van der Waals surface area contributed by atoms with Gasteiger partial charge in [-0.05, 0) is 42.7 Å². The Labute approximate surface area is 143 Å². The summed E-state index contributed by atoms with van der Waals surface area (Å²) in [5, 5.41) is 0. The van der Waals surface area contributed by atoms with Gasteiger partial charge in [-0.3, -0.25) is 4.79 Å². The van der Waals surface area contributed by atoms with Gasteiger partial charge in [-0.25, -0.2) is 9.38 Å². The van der Waals surface area contributed by atoms with Crippen LogP contribution in [-0.2, 0) is 0 Å². The molecule has 2 aromatic heterocycles. The van der Waals surface area contributed by atoms with Gasteiger partial charge in [0.1, 0.15) is 0 Å². The lowest BCUT2D eigenvalue weighted by Gasteiger charge is -1.97. The Morgan fingerprint density at radius 3 is 2.71 bits per heavy atom. The van der Waals surface area contributed by atoms with Crippen molar-refractivity contribution < 1.29 is 0 Å². The third kappa shape index (κ3) is 2.45. The van der Waals surface area contributed by atoms with Crippen LogP contribution in [0.5, 0.6) is 0 Å². The summed E-state index contributed by atoms with van der Waals surface area (Å²) in [5.41, 5.74) is 5.17. The van der Waals surface area contributed by atoms with Crippen LogP contribution in [0.15, 0.2) is 53.3 Å². The molecule has 4 rings (SSSR count). The Morgan fingerprint density at radius 1 is 1.12 bits per heavy atom. The molecule has 0 spiro atoms. The molecule has 0 aliphatic carbocycles. The average molecular weight is 332 g/mol. The minimum atomic E-state index is 0.000196. The highest BCUT2D eigenvalue weighted by atomic mass is 32.1. The van der Waals surface area contributed by atoms with E-state index in [0.29, 0.717) is 4.53 Å². The van der Waals surface area contributed by atoms with Gasteiger partial charge in [-0.1, -0.05) is 59.9 Å². The lowest BCUT2D eigenvalue weighted by atomic mass is 10.1. The number of hydrogen-bond acceptors (Lipinski definition) is 3. The van der Waals surface area contributed by atoms with Crippen LogP contribution in [-0.4, -0.2) is 9.38 Å². The quantitative estimate of drug-likeness (QED) is 0.560. The Bertz CT molecular complexity index is 1180. The Morgan fingerprint density at radius 2 is 1.92 bits per heavy atom. The van der Waals surface area contributed by atoms with Crippen molar-refractivity contribution in [3.63, 3.8) is 0 Å². The Balaban J connectivity index is 1.86. The maximum Gasteiger partial charge on any atom is 0.274 e. The summed E-state index contributed by atoms with van der Waals surface area (Å²) in [4.78, 5) is 18.1. The van der Waals surface area contributed by atoms with E-state index >= 15 is 0 Å². The average Bonchev–Trinajstić information content (AvgIpc) is 3.07. The van der Waals surface area contributed by atoms with Crippen molar-refractivity contribution in [1.29, 1.82) is 0 Å². The van der Waals surface area contributed by atoms with Crippen LogP contribution < -0.4 is 10.1 Å². The fourth-order valence-electron chi connectivity index (χ4n) is 2.94. The molecule has 0 fully saturated rings. The normalized spacial score (nSPS) is 12.8. The minimum Gasteiger partial charge on any atom is -0.267 e. The summed E-state index contributed by atoms with van der Waals surface area (Å²) < 4.78 is 2.42. The van der Waals surface area contributed by atoms with Crippen molar-refractivity contribution in [2.24, 2.45) is 0 Å². The smallest absolute Gasteiger partial charge is 0.267 e. The van der Waals surface area contributed by atoms with Crippen LogP contribution >= 0.6 is 11.3 Å². The summed E-state index contributed by atoms with van der Waals surface area (Å²) >= 11 is 1.43. The van der Waals surface area contributed by atoms with Gasteiger partial charge in [0.25, 0.3) is 5.56 Å². The Hall–Kier alpha value is -2.72. The van der Waals surface area contributed by atoms with Gasteiger partial charge in [-0.15, -0.1) is 0 Å². The van der Waals surface area contributed by atoms with Gasteiger partial charge < -0.3 is 0 Å². The molecule has 118 valence electrons. The zero-order valence-corrected chi connectivity index (χ0v) is 14.3. The molecule has 4 heteroatoms. The first-order valence-corrected chi connectivity index (χ1v) is 8.61. The van der Waals surface area contributed by atoms with Crippen LogP contribution in [0.4, 0.5) is 0 Å². The molecule has 2 heterocycles. The molecule has 0 saturated heterocycles. The summed E-state index contributed by atoms with van der Waals surface area (Å²) in [7, 11) is 0. The second-order valence-corrected chi connectivity index (χ2v) is 6.90. The number of fused-ring (bicyclic) bond motifs is 3. The zero-order chi connectivity index (χ0) is 16.7. The first kappa shape index (κ1) is 14.8. The highest BCUT2D eigenvalue weighted by molar-refractivity contribution is 7.15. The lowest BCUT2D eigenvalue weighted by molar-refractivity contribution is 1.19. The van der Waals surface area contributed by atoms with Gasteiger partial charge in [0, 0.05) is 0 Å². The predicted molar refractivity (Wildman–Crippen MR) is 101 cm³/mol. The van der Waals surface area contributed by atoms with Crippen molar-refractivity contribution in [3.05, 3.63) is 80.1 Å². The fraction of sp³-hybridized carbons (Fsp3) is 0.100. The summed E-state index contributed by atoms with van der Waals surface area (Å²) in [5.74, 6) is 0. The number of allylic oxidation sites excluding steroid dienone is 1. The number of aromatic nitrogens is 2. The fourth-order valence-corrected chi connectivity index (χ4v) is 3.87. The van der Waals surface area contributed by atoms with Crippen LogP contribution in [0, 0.1) is 13.8 Å². The number of rotatable bonds is 2. The molecule has 24 heavy (non-hydrogen) atoms. The van der Waals surface area contributed by atoms with E-state index in [9.17, 15) is 4.79 Å². The molecule has 0 bridgehead atoms. The van der Waals surface area contributed by atoms with Gasteiger partial charge in [-0.2, -0.15) is 0 Å². The van der Waals surface area contributed by atoms with Crippen molar-refractivity contribution in [1.82, 2.24) is 9.38 Å². The molecule has 4 aromatic rings. The number of aryl methyl sites for hydroxylation is 2. The van der Waals surface area contributed by atoms with Crippen LogP contribution in [0.25, 0.3) is 28.1 Å². The second kappa shape index (κ2) is 5.73. The summed E-state index contributed by atoms with van der Waals surface area (Å²) in [6.45, 7) is 4.07.